The van der Waals surface area contributed by atoms with Crippen LogP contribution < -0.4 is 5.73 Å². The molecule has 0 bridgehead atoms. The Labute approximate surface area is 100 Å². The molecule has 2 N–H and O–H groups in total. The third kappa shape index (κ3) is 1.99. The molecular formula is C10H6BrN5. The van der Waals surface area contributed by atoms with Crippen molar-refractivity contribution in [2.45, 2.75) is 0 Å². The lowest BCUT2D eigenvalue weighted by atomic mass is 10.2. The van der Waals surface area contributed by atoms with Crippen molar-refractivity contribution in [2.75, 3.05) is 5.73 Å². The quantitative estimate of drug-likeness (QED) is 0.857. The summed E-state index contributed by atoms with van der Waals surface area (Å²) in [5, 5.41) is 8.69. The molecule has 2 rings (SSSR count). The van der Waals surface area contributed by atoms with E-state index in [1.54, 1.807) is 12.4 Å². The van der Waals surface area contributed by atoms with Crippen LogP contribution in [-0.4, -0.2) is 15.0 Å². The zero-order valence-corrected chi connectivity index (χ0v) is 9.64. The Morgan fingerprint density at radius 2 is 2.12 bits per heavy atom. The predicted octanol–water partition coefficient (Wildman–Crippen LogP) is 1.75. The van der Waals surface area contributed by atoms with Crippen LogP contribution in [-0.2, 0) is 0 Å². The maximum atomic E-state index is 8.69. The van der Waals surface area contributed by atoms with Crippen LogP contribution in [0.5, 0.6) is 0 Å². The third-order valence-corrected chi connectivity index (χ3v) is 2.34. The van der Waals surface area contributed by atoms with Crippen molar-refractivity contribution in [1.29, 1.82) is 5.26 Å². The first-order chi connectivity index (χ1) is 7.70. The second-order valence-electron chi connectivity index (χ2n) is 3.00. The van der Waals surface area contributed by atoms with E-state index in [0.717, 1.165) is 10.0 Å². The van der Waals surface area contributed by atoms with Gasteiger partial charge in [-0.05, 0) is 22.0 Å². The molecule has 5 nitrogen and oxygen atoms in total. The number of nitrogen functional groups attached to an aromatic ring is 1. The first kappa shape index (κ1) is 10.5. The van der Waals surface area contributed by atoms with Gasteiger partial charge < -0.3 is 5.73 Å². The van der Waals surface area contributed by atoms with E-state index in [4.69, 9.17) is 11.0 Å². The molecule has 78 valence electrons. The van der Waals surface area contributed by atoms with Crippen molar-refractivity contribution >= 4 is 21.7 Å². The normalized spacial score (nSPS) is 9.75. The van der Waals surface area contributed by atoms with E-state index < -0.39 is 0 Å². The van der Waals surface area contributed by atoms with Crippen molar-refractivity contribution < 1.29 is 0 Å². The van der Waals surface area contributed by atoms with Crippen LogP contribution in [0.4, 0.5) is 5.82 Å². The Hall–Kier alpha value is -2.00. The van der Waals surface area contributed by atoms with Crippen LogP contribution in [0.3, 0.4) is 0 Å². The monoisotopic (exact) mass is 275 g/mol. The average Bonchev–Trinajstić information content (AvgIpc) is 2.29. The number of hydrogen-bond donors (Lipinski definition) is 1. The topological polar surface area (TPSA) is 88.5 Å². The van der Waals surface area contributed by atoms with E-state index in [0.29, 0.717) is 5.82 Å². The zero-order chi connectivity index (χ0) is 11.5. The Balaban J connectivity index is 2.50. The van der Waals surface area contributed by atoms with Crippen LogP contribution in [0.25, 0.3) is 11.4 Å². The van der Waals surface area contributed by atoms with E-state index in [-0.39, 0.29) is 11.4 Å². The lowest BCUT2D eigenvalue weighted by Crippen LogP contribution is -1.99. The lowest BCUT2D eigenvalue weighted by Gasteiger charge is -2.01. The molecule has 2 aromatic rings. The summed E-state index contributed by atoms with van der Waals surface area (Å²) in [4.78, 5) is 12.1. The van der Waals surface area contributed by atoms with Gasteiger partial charge in [0.15, 0.2) is 5.82 Å². The number of nitrogens with zero attached hydrogens (tertiary/aromatic N) is 4. The van der Waals surface area contributed by atoms with Crippen molar-refractivity contribution in [3.8, 4) is 17.5 Å². The van der Waals surface area contributed by atoms with Gasteiger partial charge in [-0.1, -0.05) is 0 Å². The molecule has 6 heteroatoms. The van der Waals surface area contributed by atoms with Crippen molar-refractivity contribution in [3.63, 3.8) is 0 Å². The summed E-state index contributed by atoms with van der Waals surface area (Å²) in [6.07, 6.45) is 4.70. The molecular weight excluding hydrogens is 270 g/mol. The zero-order valence-electron chi connectivity index (χ0n) is 8.05. The highest BCUT2D eigenvalue weighted by Gasteiger charge is 2.06. The van der Waals surface area contributed by atoms with Gasteiger partial charge >= 0.3 is 0 Å². The molecule has 0 amide bonds. The molecule has 2 aromatic heterocycles. The fourth-order valence-corrected chi connectivity index (χ4v) is 1.52. The Kier molecular flexibility index (Phi) is 2.79. The Morgan fingerprint density at radius 1 is 1.31 bits per heavy atom. The van der Waals surface area contributed by atoms with Crippen LogP contribution >= 0.6 is 15.9 Å². The van der Waals surface area contributed by atoms with Gasteiger partial charge in [-0.3, -0.25) is 4.98 Å². The number of halogens is 1. The van der Waals surface area contributed by atoms with E-state index >= 15 is 0 Å². The van der Waals surface area contributed by atoms with Crippen molar-refractivity contribution in [1.82, 2.24) is 15.0 Å². The molecule has 0 unspecified atom stereocenters. The summed E-state index contributed by atoms with van der Waals surface area (Å²) in [7, 11) is 0. The van der Waals surface area contributed by atoms with Gasteiger partial charge in [-0.15, -0.1) is 0 Å². The molecule has 0 aliphatic carbocycles. The lowest BCUT2D eigenvalue weighted by molar-refractivity contribution is 1.16. The van der Waals surface area contributed by atoms with Gasteiger partial charge in [-0.2, -0.15) is 5.26 Å². The summed E-state index contributed by atoms with van der Waals surface area (Å²) < 4.78 is 0.830. The number of nitriles is 1. The fourth-order valence-electron chi connectivity index (χ4n) is 1.15. The summed E-state index contributed by atoms with van der Waals surface area (Å²) in [5.41, 5.74) is 6.61. The highest BCUT2D eigenvalue weighted by molar-refractivity contribution is 9.10. The molecule has 16 heavy (non-hydrogen) atoms. The number of hydrogen-bond acceptors (Lipinski definition) is 5. The van der Waals surface area contributed by atoms with Crippen LogP contribution in [0.15, 0.2) is 29.1 Å². The largest absolute Gasteiger partial charge is 0.382 e. The van der Waals surface area contributed by atoms with E-state index in [9.17, 15) is 0 Å². The first-order valence-electron chi connectivity index (χ1n) is 4.34. The van der Waals surface area contributed by atoms with Gasteiger partial charge in [0.25, 0.3) is 0 Å². The van der Waals surface area contributed by atoms with Gasteiger partial charge in [0.1, 0.15) is 17.5 Å². The fraction of sp³-hybridized carbons (Fsp3) is 0. The predicted molar refractivity (Wildman–Crippen MR) is 62.1 cm³/mol. The summed E-state index contributed by atoms with van der Waals surface area (Å²) in [6.45, 7) is 0. The highest BCUT2D eigenvalue weighted by Crippen LogP contribution is 2.19. The Bertz CT molecular complexity index is 576. The van der Waals surface area contributed by atoms with Gasteiger partial charge in [0, 0.05) is 22.4 Å². The summed E-state index contributed by atoms with van der Waals surface area (Å²) >= 11 is 3.30. The van der Waals surface area contributed by atoms with Gasteiger partial charge in [0.05, 0.1) is 6.20 Å². The molecule has 0 aliphatic rings. The van der Waals surface area contributed by atoms with E-state index in [1.165, 1.54) is 6.20 Å². The van der Waals surface area contributed by atoms with Gasteiger partial charge in [0.2, 0.25) is 0 Å². The molecule has 0 aromatic carbocycles. The van der Waals surface area contributed by atoms with E-state index in [1.807, 2.05) is 12.1 Å². The molecule has 0 aliphatic heterocycles. The average molecular weight is 276 g/mol. The number of pyridine rings is 1. The maximum Gasteiger partial charge on any atom is 0.163 e. The molecule has 0 fully saturated rings. The van der Waals surface area contributed by atoms with Crippen LogP contribution in [0, 0.1) is 11.3 Å². The molecule has 0 saturated carbocycles. The first-order valence-corrected chi connectivity index (χ1v) is 5.13. The minimum Gasteiger partial charge on any atom is -0.382 e. The third-order valence-electron chi connectivity index (χ3n) is 1.90. The smallest absolute Gasteiger partial charge is 0.163 e. The number of nitrogens with two attached hydrogens (primary N) is 1. The van der Waals surface area contributed by atoms with Crippen molar-refractivity contribution in [2.24, 2.45) is 0 Å². The minimum absolute atomic E-state index is 0.174. The van der Waals surface area contributed by atoms with Crippen LogP contribution in [0.2, 0.25) is 0 Å². The maximum absolute atomic E-state index is 8.69. The summed E-state index contributed by atoms with van der Waals surface area (Å²) in [5.74, 6) is 0.623. The number of anilines is 1. The molecule has 2 heterocycles. The Morgan fingerprint density at radius 3 is 2.75 bits per heavy atom. The van der Waals surface area contributed by atoms with Crippen LogP contribution in [0.1, 0.15) is 5.56 Å². The SMILES string of the molecule is N#Cc1cnc(-c2cncc(Br)c2)nc1N. The van der Waals surface area contributed by atoms with E-state index in [2.05, 4.69) is 30.9 Å². The second-order valence-corrected chi connectivity index (χ2v) is 3.91. The van der Waals surface area contributed by atoms with Crippen molar-refractivity contribution in [3.05, 3.63) is 34.7 Å². The molecule has 0 spiro atoms. The molecule has 0 atom stereocenters. The minimum atomic E-state index is 0.174. The standard InChI is InChI=1S/C10H6BrN5/c11-8-1-6(3-14-5-8)10-15-4-7(2-12)9(13)16-10/h1,3-5H,(H2,13,15,16). The molecule has 0 radical (unpaired) electrons. The summed E-state index contributed by atoms with van der Waals surface area (Å²) in [6, 6.07) is 3.74. The van der Waals surface area contributed by atoms with Gasteiger partial charge in [-0.25, -0.2) is 9.97 Å². The second kappa shape index (κ2) is 4.24. The number of aromatic nitrogens is 3. The number of rotatable bonds is 1. The highest BCUT2D eigenvalue weighted by atomic mass is 79.9. The molecule has 0 saturated heterocycles.